The smallest absolute Gasteiger partial charge is 0.0708 e. The Hall–Kier alpha value is 0.800. The van der Waals surface area contributed by atoms with E-state index in [1.165, 1.54) is 80.3 Å². The van der Waals surface area contributed by atoms with Crippen LogP contribution in [0.1, 0.15) is 57.8 Å². The van der Waals surface area contributed by atoms with Gasteiger partial charge in [0.05, 0.1) is 12.7 Å². The van der Waals surface area contributed by atoms with Crippen molar-refractivity contribution >= 4 is 71.4 Å². The summed E-state index contributed by atoms with van der Waals surface area (Å²) in [5.74, 6) is 1.05. The van der Waals surface area contributed by atoms with Gasteiger partial charge in [0, 0.05) is 14.7 Å². The van der Waals surface area contributed by atoms with E-state index in [2.05, 4.69) is 43.2 Å². The summed E-state index contributed by atoms with van der Waals surface area (Å²) in [6, 6.07) is 8.78. The van der Waals surface area contributed by atoms with Crippen LogP contribution in [-0.2, 0) is 0 Å². The molecule has 0 aromatic heterocycles. The van der Waals surface area contributed by atoms with Gasteiger partial charge < -0.3 is 0 Å². The number of hydrogen-bond acceptors (Lipinski definition) is 6. The van der Waals surface area contributed by atoms with Gasteiger partial charge in [-0.15, -0.1) is 11.8 Å². The highest BCUT2D eigenvalue weighted by atomic mass is 32.2. The van der Waals surface area contributed by atoms with Crippen LogP contribution >= 0.6 is 71.4 Å². The molecule has 1 aromatic rings. The van der Waals surface area contributed by atoms with E-state index in [-0.39, 0.29) is 0 Å². The maximum absolute atomic E-state index is 4.28. The molecule has 27 heavy (non-hydrogen) atoms. The normalized spacial score (nSPS) is 16.5. The minimum absolute atomic E-state index is 1.05. The van der Waals surface area contributed by atoms with Crippen LogP contribution in [0.5, 0.6) is 0 Å². The number of thioether (sulfide) groups is 5. The van der Waals surface area contributed by atoms with Crippen molar-refractivity contribution in [3.05, 3.63) is 41.9 Å². The van der Waals surface area contributed by atoms with E-state index in [4.69, 9.17) is 0 Å². The predicted octanol–water partition coefficient (Wildman–Crippen LogP) is 9.46. The first-order chi connectivity index (χ1) is 13.3. The van der Waals surface area contributed by atoms with Crippen LogP contribution < -0.4 is 0 Å². The molecule has 0 N–H and O–H groups in total. The summed E-state index contributed by atoms with van der Waals surface area (Å²) in [6.45, 7) is 0. The summed E-state index contributed by atoms with van der Waals surface area (Å²) in [4.78, 5) is 4.44. The van der Waals surface area contributed by atoms with Crippen molar-refractivity contribution in [2.45, 2.75) is 67.6 Å². The van der Waals surface area contributed by atoms with Crippen LogP contribution in [0.4, 0.5) is 0 Å². The Labute approximate surface area is 191 Å². The van der Waals surface area contributed by atoms with Gasteiger partial charge in [-0.2, -0.15) is 12.6 Å². The van der Waals surface area contributed by atoms with E-state index in [9.17, 15) is 0 Å². The standard InChI is InChI=1S/C21H28S6/c1-23-19-18(14-8-6-4-2-3-5-7-11-15-22)26-21(27-19)20-24-16-12-9-10-13-17(16)25-20/h9-10,12-13,22H,2-8,11,14-15H2,1H3. The molecule has 2 heterocycles. The zero-order valence-corrected chi connectivity index (χ0v) is 20.8. The van der Waals surface area contributed by atoms with E-state index in [0.717, 1.165) is 5.75 Å². The molecular weight excluding hydrogens is 445 g/mol. The molecule has 1 aromatic carbocycles. The van der Waals surface area contributed by atoms with Crippen molar-refractivity contribution in [1.29, 1.82) is 0 Å². The average Bonchev–Trinajstić information content (AvgIpc) is 3.30. The molecule has 3 rings (SSSR count). The van der Waals surface area contributed by atoms with E-state index >= 15 is 0 Å². The Morgan fingerprint density at radius 2 is 1.30 bits per heavy atom. The topological polar surface area (TPSA) is 0 Å². The molecule has 0 fully saturated rings. The summed E-state index contributed by atoms with van der Waals surface area (Å²) in [5.41, 5.74) is 0. The molecule has 6 heteroatoms. The SMILES string of the molecule is CSC1=C(CCCCCCCCCCS)SC(=C2Sc3ccccc3S2)S1. The average molecular weight is 473 g/mol. The number of hydrogen-bond donors (Lipinski definition) is 1. The fourth-order valence-corrected chi connectivity index (χ4v) is 9.98. The Kier molecular flexibility index (Phi) is 10.4. The van der Waals surface area contributed by atoms with Gasteiger partial charge in [-0.1, -0.05) is 97.7 Å². The van der Waals surface area contributed by atoms with Crippen molar-refractivity contribution in [1.82, 2.24) is 0 Å². The maximum atomic E-state index is 4.28. The van der Waals surface area contributed by atoms with E-state index < -0.39 is 0 Å². The van der Waals surface area contributed by atoms with Crippen LogP contribution in [0.25, 0.3) is 0 Å². The lowest BCUT2D eigenvalue weighted by Crippen LogP contribution is -1.83. The minimum atomic E-state index is 1.05. The second-order valence-electron chi connectivity index (χ2n) is 6.65. The lowest BCUT2D eigenvalue weighted by Gasteiger charge is -2.04. The molecule has 0 bridgehead atoms. The molecule has 0 aliphatic carbocycles. The highest BCUT2D eigenvalue weighted by Gasteiger charge is 2.27. The maximum Gasteiger partial charge on any atom is 0.0708 e. The highest BCUT2D eigenvalue weighted by molar-refractivity contribution is 8.37. The van der Waals surface area contributed by atoms with Gasteiger partial charge >= 0.3 is 0 Å². The number of fused-ring (bicyclic) bond motifs is 1. The number of benzene rings is 1. The molecule has 0 amide bonds. The van der Waals surface area contributed by atoms with Gasteiger partial charge in [-0.25, -0.2) is 0 Å². The van der Waals surface area contributed by atoms with Gasteiger partial charge in [-0.05, 0) is 43.4 Å². The largest absolute Gasteiger partial charge is 0.179 e. The fraction of sp³-hybridized carbons (Fsp3) is 0.524. The monoisotopic (exact) mass is 472 g/mol. The summed E-state index contributed by atoms with van der Waals surface area (Å²) in [7, 11) is 0. The lowest BCUT2D eigenvalue weighted by atomic mass is 10.1. The van der Waals surface area contributed by atoms with Crippen molar-refractivity contribution in [3.63, 3.8) is 0 Å². The highest BCUT2D eigenvalue weighted by Crippen LogP contribution is 2.62. The Balaban J connectivity index is 1.40. The molecule has 2 aliphatic rings. The zero-order chi connectivity index (χ0) is 18.9. The molecule has 0 unspecified atom stereocenters. The second-order valence-corrected chi connectivity index (χ2v) is 12.9. The lowest BCUT2D eigenvalue weighted by molar-refractivity contribution is 0.578. The molecule has 0 radical (unpaired) electrons. The summed E-state index contributed by atoms with van der Waals surface area (Å²) in [6.07, 6.45) is 14.4. The summed E-state index contributed by atoms with van der Waals surface area (Å²) < 4.78 is 4.52. The zero-order valence-electron chi connectivity index (χ0n) is 15.9. The Morgan fingerprint density at radius 3 is 1.89 bits per heavy atom. The van der Waals surface area contributed by atoms with Gasteiger partial charge in [-0.3, -0.25) is 0 Å². The third-order valence-corrected chi connectivity index (χ3v) is 11.9. The summed E-state index contributed by atoms with van der Waals surface area (Å²) >= 11 is 14.2. The van der Waals surface area contributed by atoms with Crippen LogP contribution in [0.2, 0.25) is 0 Å². The first-order valence-electron chi connectivity index (χ1n) is 9.74. The molecule has 148 valence electrons. The predicted molar refractivity (Wildman–Crippen MR) is 136 cm³/mol. The molecule has 0 saturated heterocycles. The van der Waals surface area contributed by atoms with E-state index in [1.54, 1.807) is 4.91 Å². The third kappa shape index (κ3) is 6.92. The summed E-state index contributed by atoms with van der Waals surface area (Å²) in [5, 5.41) is 0. The van der Waals surface area contributed by atoms with Crippen LogP contribution in [0.3, 0.4) is 0 Å². The molecule has 0 saturated carbocycles. The number of allylic oxidation sites excluding steroid dienone is 1. The number of rotatable bonds is 11. The molecular formula is C21H28S6. The first-order valence-corrected chi connectivity index (χ1v) is 14.9. The van der Waals surface area contributed by atoms with Gasteiger partial charge in [0.15, 0.2) is 0 Å². The third-order valence-electron chi connectivity index (χ3n) is 4.55. The molecule has 0 spiro atoms. The fourth-order valence-electron chi connectivity index (χ4n) is 3.09. The van der Waals surface area contributed by atoms with E-state index in [1.807, 2.05) is 58.8 Å². The van der Waals surface area contributed by atoms with Crippen LogP contribution in [0, 0.1) is 0 Å². The minimum Gasteiger partial charge on any atom is -0.179 e. The van der Waals surface area contributed by atoms with Crippen LogP contribution in [-0.4, -0.2) is 12.0 Å². The quantitative estimate of drug-likeness (QED) is 0.251. The first kappa shape index (κ1) is 22.5. The van der Waals surface area contributed by atoms with Gasteiger partial charge in [0.1, 0.15) is 0 Å². The van der Waals surface area contributed by atoms with Crippen molar-refractivity contribution in [2.24, 2.45) is 0 Å². The Bertz CT molecular complexity index is 652. The van der Waals surface area contributed by atoms with E-state index in [0.29, 0.717) is 0 Å². The van der Waals surface area contributed by atoms with Crippen molar-refractivity contribution < 1.29 is 0 Å². The number of unbranched alkanes of at least 4 members (excludes halogenated alkanes) is 7. The Morgan fingerprint density at radius 1 is 0.741 bits per heavy atom. The van der Waals surface area contributed by atoms with Gasteiger partial charge in [0.25, 0.3) is 0 Å². The van der Waals surface area contributed by atoms with Crippen molar-refractivity contribution in [2.75, 3.05) is 12.0 Å². The molecule has 0 atom stereocenters. The van der Waals surface area contributed by atoms with Crippen LogP contribution in [0.15, 0.2) is 51.7 Å². The van der Waals surface area contributed by atoms with Gasteiger partial charge in [0.2, 0.25) is 0 Å². The second kappa shape index (κ2) is 12.5. The molecule has 0 nitrogen and oxygen atoms in total. The number of thiol groups is 1. The molecule has 2 aliphatic heterocycles. The van der Waals surface area contributed by atoms with Crippen molar-refractivity contribution in [3.8, 4) is 0 Å².